The molecule has 0 aliphatic heterocycles. The molecule has 0 radical (unpaired) electrons. The van der Waals surface area contributed by atoms with E-state index in [1.165, 1.54) is 0 Å². The fourth-order valence-electron chi connectivity index (χ4n) is 1.53. The third-order valence-electron chi connectivity index (χ3n) is 2.94. The van der Waals surface area contributed by atoms with Gasteiger partial charge in [-0.1, -0.05) is 6.92 Å². The number of likely N-dealkylation sites (N-methyl/N-ethyl adjacent to an activating group) is 1. The van der Waals surface area contributed by atoms with Crippen molar-refractivity contribution in [3.63, 3.8) is 0 Å². The average molecular weight is 257 g/mol. The van der Waals surface area contributed by atoms with E-state index in [9.17, 15) is 9.59 Å². The Bertz CT molecular complexity index is 253. The van der Waals surface area contributed by atoms with Crippen molar-refractivity contribution in [1.29, 1.82) is 0 Å². The summed E-state index contributed by atoms with van der Waals surface area (Å²) >= 11 is 0. The molecule has 0 bridgehead atoms. The van der Waals surface area contributed by atoms with E-state index in [0.29, 0.717) is 19.5 Å². The summed E-state index contributed by atoms with van der Waals surface area (Å²) in [4.78, 5) is 24.9. The zero-order valence-electron chi connectivity index (χ0n) is 12.1. The number of nitrogens with zero attached hydrogens (tertiary/aromatic N) is 1. The molecule has 0 spiro atoms. The lowest BCUT2D eigenvalue weighted by Crippen LogP contribution is -2.39. The van der Waals surface area contributed by atoms with E-state index in [1.54, 1.807) is 4.90 Å². The van der Waals surface area contributed by atoms with Gasteiger partial charge in [0.2, 0.25) is 11.8 Å². The zero-order valence-corrected chi connectivity index (χ0v) is 12.1. The molecule has 1 atom stereocenters. The van der Waals surface area contributed by atoms with E-state index < -0.39 is 0 Å². The van der Waals surface area contributed by atoms with E-state index in [4.69, 9.17) is 0 Å². The fraction of sp³-hybridized carbons (Fsp3) is 0.846. The molecule has 0 aromatic rings. The number of nitrogens with one attached hydrogen (secondary N) is 2. The molecule has 0 aromatic heterocycles. The molecular formula is C13H27N3O2. The maximum absolute atomic E-state index is 11.6. The van der Waals surface area contributed by atoms with Crippen molar-refractivity contribution >= 4 is 11.8 Å². The average Bonchev–Trinajstić information content (AvgIpc) is 2.36. The van der Waals surface area contributed by atoms with Crippen LogP contribution in [0.1, 0.15) is 40.5 Å². The second kappa shape index (κ2) is 9.88. The van der Waals surface area contributed by atoms with Crippen molar-refractivity contribution in [3.05, 3.63) is 0 Å². The largest absolute Gasteiger partial charge is 0.354 e. The topological polar surface area (TPSA) is 61.4 Å². The van der Waals surface area contributed by atoms with Gasteiger partial charge in [0, 0.05) is 32.1 Å². The first-order valence-corrected chi connectivity index (χ1v) is 6.82. The lowest BCUT2D eigenvalue weighted by Gasteiger charge is -2.18. The molecule has 0 fully saturated rings. The molecule has 2 N–H and O–H groups in total. The fourth-order valence-corrected chi connectivity index (χ4v) is 1.53. The van der Waals surface area contributed by atoms with Gasteiger partial charge in [-0.3, -0.25) is 9.59 Å². The Hall–Kier alpha value is -1.10. The summed E-state index contributed by atoms with van der Waals surface area (Å²) < 4.78 is 0. The highest BCUT2D eigenvalue weighted by Crippen LogP contribution is 1.90. The van der Waals surface area contributed by atoms with Crippen molar-refractivity contribution in [1.82, 2.24) is 15.5 Å². The summed E-state index contributed by atoms with van der Waals surface area (Å²) in [5, 5.41) is 5.89. The molecular weight excluding hydrogens is 230 g/mol. The predicted molar refractivity (Wildman–Crippen MR) is 73.3 cm³/mol. The van der Waals surface area contributed by atoms with E-state index in [0.717, 1.165) is 19.5 Å². The summed E-state index contributed by atoms with van der Waals surface area (Å²) in [6.07, 6.45) is 1.34. The van der Waals surface area contributed by atoms with Gasteiger partial charge >= 0.3 is 0 Å². The third-order valence-corrected chi connectivity index (χ3v) is 2.94. The first-order valence-electron chi connectivity index (χ1n) is 6.82. The normalized spacial score (nSPS) is 12.0. The summed E-state index contributed by atoms with van der Waals surface area (Å²) in [5.41, 5.74) is 0. The summed E-state index contributed by atoms with van der Waals surface area (Å²) in [5.74, 6) is 0.120. The van der Waals surface area contributed by atoms with E-state index in [-0.39, 0.29) is 17.9 Å². The number of carbonyl (C=O) groups is 2. The van der Waals surface area contributed by atoms with Crippen LogP contribution in [0.25, 0.3) is 0 Å². The molecule has 0 heterocycles. The minimum atomic E-state index is 0.0344. The van der Waals surface area contributed by atoms with Gasteiger partial charge in [-0.2, -0.15) is 0 Å². The third kappa shape index (κ3) is 7.27. The Morgan fingerprint density at radius 2 is 1.78 bits per heavy atom. The highest BCUT2D eigenvalue weighted by molar-refractivity contribution is 5.78. The van der Waals surface area contributed by atoms with Gasteiger partial charge in [0.05, 0.1) is 6.54 Å². The van der Waals surface area contributed by atoms with Crippen molar-refractivity contribution in [3.8, 4) is 0 Å². The zero-order chi connectivity index (χ0) is 14.0. The lowest BCUT2D eigenvalue weighted by molar-refractivity contribution is -0.130. The van der Waals surface area contributed by atoms with Crippen molar-refractivity contribution in [2.45, 2.75) is 46.6 Å². The molecule has 1 unspecified atom stereocenters. The van der Waals surface area contributed by atoms with Crippen LogP contribution in [0.3, 0.4) is 0 Å². The predicted octanol–water partition coefficient (Wildman–Crippen LogP) is 0.749. The number of carbonyl (C=O) groups excluding carboxylic acids is 2. The van der Waals surface area contributed by atoms with Crippen LogP contribution in [0, 0.1) is 0 Å². The van der Waals surface area contributed by atoms with Gasteiger partial charge in [-0.15, -0.1) is 0 Å². The van der Waals surface area contributed by atoms with Gasteiger partial charge in [0.15, 0.2) is 0 Å². The SMILES string of the molecule is CCC(C)NC(=O)CCNCC(=O)N(CC)CC. The number of rotatable bonds is 9. The van der Waals surface area contributed by atoms with Crippen molar-refractivity contribution < 1.29 is 9.59 Å². The van der Waals surface area contributed by atoms with Crippen molar-refractivity contribution in [2.75, 3.05) is 26.2 Å². The van der Waals surface area contributed by atoms with Crippen LogP contribution < -0.4 is 10.6 Å². The molecule has 0 aliphatic carbocycles. The van der Waals surface area contributed by atoms with E-state index in [2.05, 4.69) is 10.6 Å². The number of hydrogen-bond donors (Lipinski definition) is 2. The van der Waals surface area contributed by atoms with Crippen LogP contribution in [0.2, 0.25) is 0 Å². The monoisotopic (exact) mass is 257 g/mol. The molecule has 106 valence electrons. The maximum atomic E-state index is 11.6. The Labute approximate surface area is 110 Å². The molecule has 0 saturated heterocycles. The van der Waals surface area contributed by atoms with Crippen molar-refractivity contribution in [2.24, 2.45) is 0 Å². The van der Waals surface area contributed by atoms with Crippen LogP contribution in [0.15, 0.2) is 0 Å². The van der Waals surface area contributed by atoms with Gasteiger partial charge in [-0.05, 0) is 27.2 Å². The smallest absolute Gasteiger partial charge is 0.236 e. The van der Waals surface area contributed by atoms with Crippen LogP contribution in [0.4, 0.5) is 0 Å². The second-order valence-electron chi connectivity index (χ2n) is 4.37. The molecule has 0 saturated carbocycles. The second-order valence-corrected chi connectivity index (χ2v) is 4.37. The molecule has 2 amide bonds. The summed E-state index contributed by atoms with van der Waals surface area (Å²) in [7, 11) is 0. The minimum Gasteiger partial charge on any atom is -0.354 e. The summed E-state index contributed by atoms with van der Waals surface area (Å²) in [6, 6.07) is 0.217. The number of amides is 2. The quantitative estimate of drug-likeness (QED) is 0.599. The highest BCUT2D eigenvalue weighted by Gasteiger charge is 2.09. The molecule has 0 aromatic carbocycles. The Morgan fingerprint density at radius 3 is 2.28 bits per heavy atom. The molecule has 0 aliphatic rings. The van der Waals surface area contributed by atoms with E-state index >= 15 is 0 Å². The van der Waals surface area contributed by atoms with Gasteiger partial charge in [0.25, 0.3) is 0 Å². The van der Waals surface area contributed by atoms with Crippen LogP contribution in [-0.4, -0.2) is 48.9 Å². The Balaban J connectivity index is 3.67. The summed E-state index contributed by atoms with van der Waals surface area (Å²) in [6.45, 7) is 10.2. The number of hydrogen-bond acceptors (Lipinski definition) is 3. The molecule has 0 rings (SSSR count). The lowest BCUT2D eigenvalue weighted by atomic mass is 10.2. The van der Waals surface area contributed by atoms with Crippen LogP contribution in [-0.2, 0) is 9.59 Å². The molecule has 5 heteroatoms. The molecule has 5 nitrogen and oxygen atoms in total. The van der Waals surface area contributed by atoms with Gasteiger partial charge in [0.1, 0.15) is 0 Å². The van der Waals surface area contributed by atoms with Crippen LogP contribution >= 0.6 is 0 Å². The van der Waals surface area contributed by atoms with Crippen LogP contribution in [0.5, 0.6) is 0 Å². The van der Waals surface area contributed by atoms with Gasteiger partial charge < -0.3 is 15.5 Å². The maximum Gasteiger partial charge on any atom is 0.236 e. The van der Waals surface area contributed by atoms with Gasteiger partial charge in [-0.25, -0.2) is 0 Å². The molecule has 18 heavy (non-hydrogen) atoms. The minimum absolute atomic E-state index is 0.0344. The standard InChI is InChI=1S/C13H27N3O2/c1-5-11(4)15-12(17)8-9-14-10-13(18)16(6-2)7-3/h11,14H,5-10H2,1-4H3,(H,15,17). The first-order chi connectivity index (χ1) is 8.54. The highest BCUT2D eigenvalue weighted by atomic mass is 16.2. The Morgan fingerprint density at radius 1 is 1.17 bits per heavy atom. The van der Waals surface area contributed by atoms with E-state index in [1.807, 2.05) is 27.7 Å². The first kappa shape index (κ1) is 16.9. The Kier molecular flexibility index (Phi) is 9.28.